The van der Waals surface area contributed by atoms with E-state index >= 15 is 0 Å². The summed E-state index contributed by atoms with van der Waals surface area (Å²) in [6, 6.07) is 1.91. The van der Waals surface area contributed by atoms with E-state index in [0.29, 0.717) is 0 Å². The van der Waals surface area contributed by atoms with Gasteiger partial charge in [0.2, 0.25) is 0 Å². The van der Waals surface area contributed by atoms with E-state index < -0.39 is 0 Å². The van der Waals surface area contributed by atoms with Crippen molar-refractivity contribution in [2.24, 2.45) is 0 Å². The van der Waals surface area contributed by atoms with Gasteiger partial charge in [-0.25, -0.2) is 9.97 Å². The second-order valence-electron chi connectivity index (χ2n) is 3.70. The molecule has 2 aromatic rings. The standard InChI is InChI=1S/C11H14N4S/c1-8-3-4-13-11(10(8)12)15(2)5-9-6-16-7-14-9/h3-4,6-7H,5,12H2,1-2H3. The van der Waals surface area contributed by atoms with E-state index in [0.717, 1.165) is 29.3 Å². The molecular formula is C11H14N4S. The summed E-state index contributed by atoms with van der Waals surface area (Å²) in [5.74, 6) is 0.813. The van der Waals surface area contributed by atoms with E-state index in [4.69, 9.17) is 5.73 Å². The van der Waals surface area contributed by atoms with E-state index in [1.54, 1.807) is 17.5 Å². The molecule has 0 aliphatic rings. The first kappa shape index (κ1) is 10.9. The molecule has 0 atom stereocenters. The number of nitrogen functional groups attached to an aromatic ring is 1. The molecule has 2 aromatic heterocycles. The predicted molar refractivity (Wildman–Crippen MR) is 67.6 cm³/mol. The van der Waals surface area contributed by atoms with Crippen LogP contribution in [0.1, 0.15) is 11.3 Å². The number of nitrogens with zero attached hydrogens (tertiary/aromatic N) is 3. The van der Waals surface area contributed by atoms with Gasteiger partial charge < -0.3 is 10.6 Å². The smallest absolute Gasteiger partial charge is 0.152 e. The number of anilines is 2. The molecule has 0 aromatic carbocycles. The van der Waals surface area contributed by atoms with E-state index in [2.05, 4.69) is 9.97 Å². The van der Waals surface area contributed by atoms with Gasteiger partial charge in [0.1, 0.15) is 0 Å². The molecule has 2 heterocycles. The van der Waals surface area contributed by atoms with Crippen LogP contribution in [0, 0.1) is 6.92 Å². The van der Waals surface area contributed by atoms with Crippen LogP contribution in [-0.4, -0.2) is 17.0 Å². The van der Waals surface area contributed by atoms with Crippen LogP contribution in [0.2, 0.25) is 0 Å². The van der Waals surface area contributed by atoms with Crippen molar-refractivity contribution < 1.29 is 0 Å². The van der Waals surface area contributed by atoms with Gasteiger partial charge in [0.15, 0.2) is 5.82 Å². The molecule has 0 saturated heterocycles. The van der Waals surface area contributed by atoms with Gasteiger partial charge >= 0.3 is 0 Å². The van der Waals surface area contributed by atoms with Crippen molar-refractivity contribution in [2.45, 2.75) is 13.5 Å². The Bertz CT molecular complexity index is 467. The number of aromatic nitrogens is 2. The average Bonchev–Trinajstić information content (AvgIpc) is 2.74. The van der Waals surface area contributed by atoms with Crippen LogP contribution in [0.4, 0.5) is 11.5 Å². The Morgan fingerprint density at radius 1 is 1.44 bits per heavy atom. The first-order valence-electron chi connectivity index (χ1n) is 4.97. The first-order chi connectivity index (χ1) is 7.68. The largest absolute Gasteiger partial charge is 0.396 e. The maximum Gasteiger partial charge on any atom is 0.152 e. The third-order valence-corrected chi connectivity index (χ3v) is 3.07. The Hall–Kier alpha value is -1.62. The predicted octanol–water partition coefficient (Wildman–Crippen LogP) is 2.07. The number of nitrogens with two attached hydrogens (primary N) is 1. The highest BCUT2D eigenvalue weighted by Gasteiger charge is 2.09. The normalized spacial score (nSPS) is 10.4. The molecule has 0 aliphatic carbocycles. The van der Waals surface area contributed by atoms with E-state index in [1.807, 2.05) is 35.8 Å². The summed E-state index contributed by atoms with van der Waals surface area (Å²) in [5.41, 5.74) is 10.6. The Morgan fingerprint density at radius 3 is 2.94 bits per heavy atom. The lowest BCUT2D eigenvalue weighted by atomic mass is 10.2. The molecule has 0 fully saturated rings. The molecule has 0 saturated carbocycles. The molecule has 84 valence electrons. The Labute approximate surface area is 98.8 Å². The van der Waals surface area contributed by atoms with Gasteiger partial charge in [-0.2, -0.15) is 0 Å². The number of pyridine rings is 1. The van der Waals surface area contributed by atoms with Crippen molar-refractivity contribution in [2.75, 3.05) is 17.7 Å². The van der Waals surface area contributed by atoms with E-state index in [-0.39, 0.29) is 0 Å². The molecular weight excluding hydrogens is 220 g/mol. The number of hydrogen-bond donors (Lipinski definition) is 1. The van der Waals surface area contributed by atoms with Crippen LogP contribution in [0.5, 0.6) is 0 Å². The minimum Gasteiger partial charge on any atom is -0.396 e. The van der Waals surface area contributed by atoms with Gasteiger partial charge in [-0.05, 0) is 18.6 Å². The van der Waals surface area contributed by atoms with Crippen LogP contribution in [-0.2, 0) is 6.54 Å². The zero-order valence-corrected chi connectivity index (χ0v) is 10.2. The zero-order chi connectivity index (χ0) is 11.5. The van der Waals surface area contributed by atoms with E-state index in [9.17, 15) is 0 Å². The molecule has 16 heavy (non-hydrogen) atoms. The minimum atomic E-state index is 0.726. The summed E-state index contributed by atoms with van der Waals surface area (Å²) >= 11 is 1.59. The van der Waals surface area contributed by atoms with Crippen molar-refractivity contribution in [1.29, 1.82) is 0 Å². The fraction of sp³-hybridized carbons (Fsp3) is 0.273. The maximum atomic E-state index is 5.99. The van der Waals surface area contributed by atoms with Crippen LogP contribution in [0.25, 0.3) is 0 Å². The molecule has 0 bridgehead atoms. The summed E-state index contributed by atoms with van der Waals surface area (Å²) in [6.07, 6.45) is 1.78. The minimum absolute atomic E-state index is 0.726. The highest BCUT2D eigenvalue weighted by atomic mass is 32.1. The SMILES string of the molecule is Cc1ccnc(N(C)Cc2cscn2)c1N. The van der Waals surface area contributed by atoms with Gasteiger partial charge in [0.25, 0.3) is 0 Å². The highest BCUT2D eigenvalue weighted by Crippen LogP contribution is 2.23. The van der Waals surface area contributed by atoms with Crippen molar-refractivity contribution >= 4 is 22.8 Å². The lowest BCUT2D eigenvalue weighted by molar-refractivity contribution is 0.875. The zero-order valence-electron chi connectivity index (χ0n) is 9.34. The molecule has 0 radical (unpaired) electrons. The van der Waals surface area contributed by atoms with Crippen LogP contribution in [0.15, 0.2) is 23.2 Å². The number of thiazole rings is 1. The average molecular weight is 234 g/mol. The lowest BCUT2D eigenvalue weighted by Gasteiger charge is -2.19. The summed E-state index contributed by atoms with van der Waals surface area (Å²) in [7, 11) is 1.97. The quantitative estimate of drug-likeness (QED) is 0.883. The van der Waals surface area contributed by atoms with Gasteiger partial charge in [0.05, 0.1) is 23.4 Å². The second kappa shape index (κ2) is 4.49. The molecule has 2 rings (SSSR count). The van der Waals surface area contributed by atoms with Gasteiger partial charge in [-0.1, -0.05) is 0 Å². The Morgan fingerprint density at radius 2 is 2.25 bits per heavy atom. The van der Waals surface area contributed by atoms with Gasteiger partial charge in [-0.3, -0.25) is 0 Å². The van der Waals surface area contributed by atoms with E-state index in [1.165, 1.54) is 0 Å². The second-order valence-corrected chi connectivity index (χ2v) is 4.42. The summed E-state index contributed by atoms with van der Waals surface area (Å²) in [5, 5.41) is 2.03. The Kier molecular flexibility index (Phi) is 3.05. The first-order valence-corrected chi connectivity index (χ1v) is 5.92. The fourth-order valence-electron chi connectivity index (χ4n) is 1.49. The van der Waals surface area contributed by atoms with Crippen molar-refractivity contribution in [3.05, 3.63) is 34.4 Å². The third-order valence-electron chi connectivity index (χ3n) is 2.43. The number of aryl methyl sites for hydroxylation is 1. The maximum absolute atomic E-state index is 5.99. The van der Waals surface area contributed by atoms with Crippen LogP contribution < -0.4 is 10.6 Å². The van der Waals surface area contributed by atoms with Crippen LogP contribution >= 0.6 is 11.3 Å². The summed E-state index contributed by atoms with van der Waals surface area (Å²) in [6.45, 7) is 2.71. The lowest BCUT2D eigenvalue weighted by Crippen LogP contribution is -2.19. The fourth-order valence-corrected chi connectivity index (χ4v) is 2.04. The summed E-state index contributed by atoms with van der Waals surface area (Å²) in [4.78, 5) is 10.5. The van der Waals surface area contributed by atoms with Crippen LogP contribution in [0.3, 0.4) is 0 Å². The molecule has 0 amide bonds. The van der Waals surface area contributed by atoms with Crippen molar-refractivity contribution in [1.82, 2.24) is 9.97 Å². The molecule has 5 heteroatoms. The number of rotatable bonds is 3. The number of hydrogen-bond acceptors (Lipinski definition) is 5. The molecule has 4 nitrogen and oxygen atoms in total. The topological polar surface area (TPSA) is 55.0 Å². The Balaban J connectivity index is 2.21. The van der Waals surface area contributed by atoms with Crippen molar-refractivity contribution in [3.8, 4) is 0 Å². The molecule has 0 aliphatic heterocycles. The molecule has 2 N–H and O–H groups in total. The summed E-state index contributed by atoms with van der Waals surface area (Å²) < 4.78 is 0. The van der Waals surface area contributed by atoms with Crippen molar-refractivity contribution in [3.63, 3.8) is 0 Å². The monoisotopic (exact) mass is 234 g/mol. The molecule has 0 unspecified atom stereocenters. The van der Waals surface area contributed by atoms with Gasteiger partial charge in [-0.15, -0.1) is 11.3 Å². The third kappa shape index (κ3) is 2.14. The highest BCUT2D eigenvalue weighted by molar-refractivity contribution is 7.07. The van der Waals surface area contributed by atoms with Gasteiger partial charge in [0, 0.05) is 18.6 Å². The molecule has 0 spiro atoms.